The predicted octanol–water partition coefficient (Wildman–Crippen LogP) is 2.48. The van der Waals surface area contributed by atoms with Gasteiger partial charge < -0.3 is 15.1 Å². The van der Waals surface area contributed by atoms with Crippen molar-refractivity contribution in [2.75, 3.05) is 18.1 Å². The van der Waals surface area contributed by atoms with E-state index < -0.39 is 0 Å². The summed E-state index contributed by atoms with van der Waals surface area (Å²) >= 11 is 0. The molecule has 1 aromatic rings. The van der Waals surface area contributed by atoms with E-state index in [4.69, 9.17) is 0 Å². The van der Waals surface area contributed by atoms with Crippen LogP contribution in [-0.2, 0) is 0 Å². The van der Waals surface area contributed by atoms with Gasteiger partial charge in [-0.15, -0.1) is 0 Å². The first kappa shape index (κ1) is 13.4. The Labute approximate surface area is 109 Å². The molecule has 2 rings (SSSR count). The molecule has 1 aromatic carbocycles. The Balaban J connectivity index is 2.12. The van der Waals surface area contributed by atoms with E-state index in [2.05, 4.69) is 17.0 Å². The Morgan fingerprint density at radius 1 is 1.28 bits per heavy atom. The van der Waals surface area contributed by atoms with Crippen LogP contribution in [0.4, 0.5) is 5.69 Å². The monoisotopic (exact) mass is 249 g/mol. The maximum absolute atomic E-state index is 9.78. The molecule has 1 aliphatic rings. The molecule has 1 aliphatic heterocycles. The fourth-order valence-electron chi connectivity index (χ4n) is 2.65. The van der Waals surface area contributed by atoms with Gasteiger partial charge in [-0.3, -0.25) is 0 Å². The van der Waals surface area contributed by atoms with Crippen molar-refractivity contribution in [3.63, 3.8) is 0 Å². The molecule has 1 saturated heterocycles. The molecule has 0 spiro atoms. The van der Waals surface area contributed by atoms with Crippen LogP contribution < -0.4 is 4.90 Å². The summed E-state index contributed by atoms with van der Waals surface area (Å²) in [4.78, 5) is 2.28. The van der Waals surface area contributed by atoms with Crippen LogP contribution in [-0.4, -0.2) is 29.4 Å². The molecule has 0 bridgehead atoms. The maximum atomic E-state index is 9.78. The first-order valence-electron chi connectivity index (χ1n) is 6.91. The summed E-state index contributed by atoms with van der Waals surface area (Å²) in [5.41, 5.74) is 2.12. The molecule has 0 saturated carbocycles. The third kappa shape index (κ3) is 2.85. The topological polar surface area (TPSA) is 43.7 Å². The Morgan fingerprint density at radius 3 is 2.61 bits per heavy atom. The van der Waals surface area contributed by atoms with Crippen LogP contribution in [0, 0.1) is 0 Å². The summed E-state index contributed by atoms with van der Waals surface area (Å²) in [6, 6.07) is 8.35. The second-order valence-corrected chi connectivity index (χ2v) is 5.04. The van der Waals surface area contributed by atoms with Crippen molar-refractivity contribution in [1.82, 2.24) is 0 Å². The van der Waals surface area contributed by atoms with E-state index in [-0.39, 0.29) is 18.8 Å². The number of nitrogens with zero attached hydrogens (tertiary/aromatic N) is 1. The van der Waals surface area contributed by atoms with E-state index in [1.54, 1.807) is 0 Å². The number of benzene rings is 1. The number of piperidine rings is 1. The normalized spacial score (nSPS) is 21.9. The zero-order valence-electron chi connectivity index (χ0n) is 11.0. The van der Waals surface area contributed by atoms with Crippen molar-refractivity contribution >= 4 is 5.69 Å². The van der Waals surface area contributed by atoms with E-state index in [9.17, 15) is 10.2 Å². The number of rotatable bonds is 4. The molecule has 3 nitrogen and oxygen atoms in total. The van der Waals surface area contributed by atoms with E-state index in [1.807, 2.05) is 19.1 Å². The second kappa shape index (κ2) is 6.21. The van der Waals surface area contributed by atoms with Gasteiger partial charge in [-0.2, -0.15) is 0 Å². The molecule has 1 fully saturated rings. The fraction of sp³-hybridized carbons (Fsp3) is 0.600. The first-order valence-corrected chi connectivity index (χ1v) is 6.91. The second-order valence-electron chi connectivity index (χ2n) is 5.04. The van der Waals surface area contributed by atoms with Crippen LogP contribution in [0.15, 0.2) is 24.3 Å². The lowest BCUT2D eigenvalue weighted by Crippen LogP contribution is -2.41. The molecule has 0 radical (unpaired) electrons. The van der Waals surface area contributed by atoms with E-state index in [1.165, 1.54) is 12.8 Å². The minimum Gasteiger partial charge on any atom is -0.394 e. The molecule has 0 aromatic heterocycles. The van der Waals surface area contributed by atoms with Crippen LogP contribution in [0.3, 0.4) is 0 Å². The zero-order valence-corrected chi connectivity index (χ0v) is 11.0. The molecule has 0 amide bonds. The highest BCUT2D eigenvalue weighted by atomic mass is 16.3. The SMILES string of the molecule is CCC(O)c1ccc(N2CCCCC2CO)cc1. The van der Waals surface area contributed by atoms with Gasteiger partial charge in [0.25, 0.3) is 0 Å². The van der Waals surface area contributed by atoms with E-state index >= 15 is 0 Å². The molecule has 2 atom stereocenters. The standard InChI is InChI=1S/C15H23NO2/c1-2-15(18)12-6-8-13(9-7-12)16-10-4-3-5-14(16)11-17/h6-9,14-15,17-18H,2-5,10-11H2,1H3. The average Bonchev–Trinajstić information content (AvgIpc) is 2.46. The van der Waals surface area contributed by atoms with Crippen molar-refractivity contribution in [3.05, 3.63) is 29.8 Å². The summed E-state index contributed by atoms with van der Waals surface area (Å²) in [6.45, 7) is 3.21. The zero-order chi connectivity index (χ0) is 13.0. The minimum atomic E-state index is -0.367. The van der Waals surface area contributed by atoms with Crippen molar-refractivity contribution < 1.29 is 10.2 Å². The highest BCUT2D eigenvalue weighted by molar-refractivity contribution is 5.49. The van der Waals surface area contributed by atoms with E-state index in [0.29, 0.717) is 0 Å². The Kier molecular flexibility index (Phi) is 4.61. The minimum absolute atomic E-state index is 0.222. The van der Waals surface area contributed by atoms with Gasteiger partial charge in [0, 0.05) is 12.2 Å². The van der Waals surface area contributed by atoms with Gasteiger partial charge >= 0.3 is 0 Å². The first-order chi connectivity index (χ1) is 8.76. The van der Waals surface area contributed by atoms with Gasteiger partial charge in [-0.25, -0.2) is 0 Å². The average molecular weight is 249 g/mol. The summed E-state index contributed by atoms with van der Waals surface area (Å²) in [6.07, 6.45) is 3.83. The van der Waals surface area contributed by atoms with Crippen LogP contribution >= 0.6 is 0 Å². The lowest BCUT2D eigenvalue weighted by Gasteiger charge is -2.36. The van der Waals surface area contributed by atoms with Crippen LogP contribution in [0.25, 0.3) is 0 Å². The molecule has 100 valence electrons. The molecule has 0 aliphatic carbocycles. The van der Waals surface area contributed by atoms with E-state index in [0.717, 1.165) is 30.6 Å². The largest absolute Gasteiger partial charge is 0.394 e. The summed E-state index contributed by atoms with van der Waals surface area (Å²) in [7, 11) is 0. The Morgan fingerprint density at radius 2 is 2.00 bits per heavy atom. The fourth-order valence-corrected chi connectivity index (χ4v) is 2.65. The molecular weight excluding hydrogens is 226 g/mol. The van der Waals surface area contributed by atoms with Crippen molar-refractivity contribution in [2.24, 2.45) is 0 Å². The third-order valence-electron chi connectivity index (χ3n) is 3.83. The molecule has 18 heavy (non-hydrogen) atoms. The maximum Gasteiger partial charge on any atom is 0.0787 e. The summed E-state index contributed by atoms with van der Waals surface area (Å²) in [5.74, 6) is 0. The highest BCUT2D eigenvalue weighted by Crippen LogP contribution is 2.26. The lowest BCUT2D eigenvalue weighted by molar-refractivity contribution is 0.173. The molecule has 1 heterocycles. The molecular formula is C15H23NO2. The number of aliphatic hydroxyl groups excluding tert-OH is 2. The number of hydrogen-bond acceptors (Lipinski definition) is 3. The van der Waals surface area contributed by atoms with Crippen LogP contribution in [0.5, 0.6) is 0 Å². The van der Waals surface area contributed by atoms with Crippen molar-refractivity contribution in [3.8, 4) is 0 Å². The molecule has 3 heteroatoms. The van der Waals surface area contributed by atoms with Gasteiger partial charge in [0.1, 0.15) is 0 Å². The smallest absolute Gasteiger partial charge is 0.0787 e. The van der Waals surface area contributed by atoms with Crippen LogP contribution in [0.2, 0.25) is 0 Å². The van der Waals surface area contributed by atoms with Gasteiger partial charge in [-0.05, 0) is 43.4 Å². The number of aliphatic hydroxyl groups is 2. The van der Waals surface area contributed by atoms with Crippen molar-refractivity contribution in [1.29, 1.82) is 0 Å². The molecule has 2 unspecified atom stereocenters. The highest BCUT2D eigenvalue weighted by Gasteiger charge is 2.21. The summed E-state index contributed by atoms with van der Waals surface area (Å²) < 4.78 is 0. The van der Waals surface area contributed by atoms with Crippen LogP contribution in [0.1, 0.15) is 44.3 Å². The Bertz CT molecular complexity index is 363. The van der Waals surface area contributed by atoms with Gasteiger partial charge in [0.05, 0.1) is 18.8 Å². The Hall–Kier alpha value is -1.06. The summed E-state index contributed by atoms with van der Waals surface area (Å²) in [5, 5.41) is 19.2. The molecule has 2 N–H and O–H groups in total. The quantitative estimate of drug-likeness (QED) is 0.861. The number of anilines is 1. The number of hydrogen-bond donors (Lipinski definition) is 2. The predicted molar refractivity (Wildman–Crippen MR) is 73.8 cm³/mol. The van der Waals surface area contributed by atoms with Crippen molar-refractivity contribution in [2.45, 2.75) is 44.8 Å². The third-order valence-corrected chi connectivity index (χ3v) is 3.83. The van der Waals surface area contributed by atoms with Gasteiger partial charge in [0.2, 0.25) is 0 Å². The lowest BCUT2D eigenvalue weighted by atomic mass is 10.0. The van der Waals surface area contributed by atoms with Gasteiger partial charge in [-0.1, -0.05) is 19.1 Å². The van der Waals surface area contributed by atoms with Gasteiger partial charge in [0.15, 0.2) is 0 Å².